The number of fused-ring (bicyclic) bond motifs is 1. The van der Waals surface area contributed by atoms with Crippen LogP contribution in [0, 0.1) is 0 Å². The lowest BCUT2D eigenvalue weighted by Gasteiger charge is -2.26. The number of hydrogen-bond donors (Lipinski definition) is 0. The highest BCUT2D eigenvalue weighted by Crippen LogP contribution is 2.26. The lowest BCUT2D eigenvalue weighted by Crippen LogP contribution is -2.37. The Hall–Kier alpha value is -2.58. The van der Waals surface area contributed by atoms with Crippen molar-refractivity contribution < 1.29 is 19.1 Å². The number of hydrogen-bond acceptors (Lipinski definition) is 5. The van der Waals surface area contributed by atoms with Crippen LogP contribution in [0.25, 0.3) is 0 Å². The number of amides is 3. The summed E-state index contributed by atoms with van der Waals surface area (Å²) in [6.45, 7) is 1.95. The Morgan fingerprint density at radius 1 is 1.23 bits per heavy atom. The van der Waals surface area contributed by atoms with Gasteiger partial charge in [-0.1, -0.05) is 22.0 Å². The zero-order valence-electron chi connectivity index (χ0n) is 17.1. The number of benzene rings is 1. The molecule has 1 aromatic heterocycles. The fourth-order valence-corrected chi connectivity index (χ4v) is 4.37. The van der Waals surface area contributed by atoms with Gasteiger partial charge in [0.2, 0.25) is 5.91 Å². The van der Waals surface area contributed by atoms with Gasteiger partial charge >= 0.3 is 0 Å². The first-order valence-electron chi connectivity index (χ1n) is 10.5. The second-order valence-electron chi connectivity index (χ2n) is 7.83. The van der Waals surface area contributed by atoms with Crippen LogP contribution in [0.15, 0.2) is 47.2 Å². The first-order valence-corrected chi connectivity index (χ1v) is 11.3. The second kappa shape index (κ2) is 9.70. The van der Waals surface area contributed by atoms with Crippen LogP contribution in [0.5, 0.6) is 0 Å². The van der Waals surface area contributed by atoms with Crippen molar-refractivity contribution in [1.82, 2.24) is 14.8 Å². The molecule has 31 heavy (non-hydrogen) atoms. The van der Waals surface area contributed by atoms with Crippen LogP contribution in [0.4, 0.5) is 0 Å². The van der Waals surface area contributed by atoms with Gasteiger partial charge in [0.05, 0.1) is 17.2 Å². The highest BCUT2D eigenvalue weighted by molar-refractivity contribution is 9.10. The summed E-state index contributed by atoms with van der Waals surface area (Å²) in [7, 11) is 0. The minimum absolute atomic E-state index is 0.0151. The third-order valence-electron chi connectivity index (χ3n) is 5.60. The van der Waals surface area contributed by atoms with Crippen LogP contribution >= 0.6 is 15.9 Å². The van der Waals surface area contributed by atoms with Crippen molar-refractivity contribution in [1.29, 1.82) is 0 Å². The molecule has 1 aromatic carbocycles. The second-order valence-corrected chi connectivity index (χ2v) is 8.74. The van der Waals surface area contributed by atoms with Crippen LogP contribution in [-0.2, 0) is 16.1 Å². The van der Waals surface area contributed by atoms with Crippen molar-refractivity contribution >= 4 is 33.7 Å². The van der Waals surface area contributed by atoms with Crippen LogP contribution in [0.1, 0.15) is 52.0 Å². The fourth-order valence-electron chi connectivity index (χ4n) is 4.01. The number of nitrogens with zero attached hydrogens (tertiary/aromatic N) is 3. The highest BCUT2D eigenvalue weighted by Gasteiger charge is 2.35. The van der Waals surface area contributed by atoms with Gasteiger partial charge < -0.3 is 9.64 Å². The molecule has 1 unspecified atom stereocenters. The number of aromatic nitrogens is 1. The molecule has 0 N–H and O–H groups in total. The molecule has 3 amide bonds. The summed E-state index contributed by atoms with van der Waals surface area (Å²) < 4.78 is 6.47. The number of ether oxygens (including phenoxy) is 1. The van der Waals surface area contributed by atoms with Crippen molar-refractivity contribution in [2.75, 3.05) is 19.7 Å². The van der Waals surface area contributed by atoms with Crippen molar-refractivity contribution in [3.05, 3.63) is 63.9 Å². The summed E-state index contributed by atoms with van der Waals surface area (Å²) in [6, 6.07) is 8.86. The fraction of sp³-hybridized carbons (Fsp3) is 0.391. The Kier molecular flexibility index (Phi) is 6.77. The number of rotatable bonds is 8. The Morgan fingerprint density at radius 3 is 2.81 bits per heavy atom. The predicted molar refractivity (Wildman–Crippen MR) is 117 cm³/mol. The van der Waals surface area contributed by atoms with Gasteiger partial charge in [0.15, 0.2) is 0 Å². The quantitative estimate of drug-likeness (QED) is 0.535. The van der Waals surface area contributed by atoms with Crippen LogP contribution in [0.3, 0.4) is 0 Å². The lowest BCUT2D eigenvalue weighted by molar-refractivity contribution is -0.133. The molecule has 1 atom stereocenters. The van der Waals surface area contributed by atoms with E-state index in [1.54, 1.807) is 35.5 Å². The molecule has 8 heteroatoms. The average molecular weight is 486 g/mol. The first kappa shape index (κ1) is 21.6. The summed E-state index contributed by atoms with van der Waals surface area (Å²) >= 11 is 3.34. The van der Waals surface area contributed by atoms with Gasteiger partial charge in [-0.25, -0.2) is 0 Å². The number of carbonyl (C=O) groups is 3. The highest BCUT2D eigenvalue weighted by atomic mass is 79.9. The van der Waals surface area contributed by atoms with E-state index in [1.165, 1.54) is 4.90 Å². The molecule has 0 saturated carbocycles. The topological polar surface area (TPSA) is 79.8 Å². The number of carbonyl (C=O) groups excluding carboxylic acids is 3. The van der Waals surface area contributed by atoms with Crippen molar-refractivity contribution in [2.45, 2.75) is 38.3 Å². The molecule has 0 spiro atoms. The van der Waals surface area contributed by atoms with E-state index in [4.69, 9.17) is 4.74 Å². The Morgan fingerprint density at radius 2 is 2.06 bits per heavy atom. The largest absolute Gasteiger partial charge is 0.376 e. The van der Waals surface area contributed by atoms with Crippen LogP contribution in [-0.4, -0.2) is 58.3 Å². The van der Waals surface area contributed by atoms with Gasteiger partial charge in [0.25, 0.3) is 11.8 Å². The zero-order chi connectivity index (χ0) is 21.8. The maximum Gasteiger partial charge on any atom is 0.261 e. The van der Waals surface area contributed by atoms with Gasteiger partial charge in [-0.05, 0) is 49.1 Å². The zero-order valence-corrected chi connectivity index (χ0v) is 18.7. The monoisotopic (exact) mass is 485 g/mol. The van der Waals surface area contributed by atoms with Gasteiger partial charge in [-0.2, -0.15) is 0 Å². The maximum atomic E-state index is 13.0. The van der Waals surface area contributed by atoms with Crippen molar-refractivity contribution in [3.8, 4) is 0 Å². The summed E-state index contributed by atoms with van der Waals surface area (Å²) in [4.78, 5) is 45.3. The van der Waals surface area contributed by atoms with Crippen molar-refractivity contribution in [2.24, 2.45) is 0 Å². The molecule has 3 heterocycles. The van der Waals surface area contributed by atoms with Gasteiger partial charge in [-0.3, -0.25) is 24.3 Å². The molecule has 4 rings (SSSR count). The summed E-state index contributed by atoms with van der Waals surface area (Å²) in [5.41, 5.74) is 1.78. The molecule has 2 aliphatic rings. The normalized spacial score (nSPS) is 17.8. The molecule has 2 aromatic rings. The van der Waals surface area contributed by atoms with E-state index in [1.807, 2.05) is 12.1 Å². The first-order chi connectivity index (χ1) is 15.0. The molecule has 2 aliphatic heterocycles. The third kappa shape index (κ3) is 5.02. The summed E-state index contributed by atoms with van der Waals surface area (Å²) in [5.74, 6) is -0.620. The number of imide groups is 1. The molecule has 0 aliphatic carbocycles. The number of pyridine rings is 1. The van der Waals surface area contributed by atoms with E-state index >= 15 is 0 Å². The minimum Gasteiger partial charge on any atom is -0.376 e. The summed E-state index contributed by atoms with van der Waals surface area (Å²) in [6.07, 6.45) is 6.14. The maximum absolute atomic E-state index is 13.0. The van der Waals surface area contributed by atoms with E-state index in [9.17, 15) is 14.4 Å². The molecule has 7 nitrogen and oxygen atoms in total. The summed E-state index contributed by atoms with van der Waals surface area (Å²) in [5, 5.41) is 0. The smallest absolute Gasteiger partial charge is 0.261 e. The van der Waals surface area contributed by atoms with E-state index in [2.05, 4.69) is 20.9 Å². The molecular formula is C23H24BrN3O4. The van der Waals surface area contributed by atoms with E-state index in [-0.39, 0.29) is 36.8 Å². The Labute approximate surface area is 189 Å². The van der Waals surface area contributed by atoms with E-state index in [0.29, 0.717) is 30.6 Å². The van der Waals surface area contributed by atoms with Crippen LogP contribution < -0.4 is 0 Å². The van der Waals surface area contributed by atoms with Gasteiger partial charge in [0.1, 0.15) is 0 Å². The van der Waals surface area contributed by atoms with Gasteiger partial charge in [-0.15, -0.1) is 0 Å². The van der Waals surface area contributed by atoms with Gasteiger partial charge in [0, 0.05) is 49.5 Å². The molecular weight excluding hydrogens is 462 g/mol. The average Bonchev–Trinajstić information content (AvgIpc) is 3.36. The number of halogens is 1. The van der Waals surface area contributed by atoms with E-state index in [0.717, 1.165) is 29.5 Å². The molecule has 0 radical (unpaired) electrons. The molecule has 1 fully saturated rings. The van der Waals surface area contributed by atoms with Crippen LogP contribution in [0.2, 0.25) is 0 Å². The predicted octanol–water partition coefficient (Wildman–Crippen LogP) is 3.43. The van der Waals surface area contributed by atoms with E-state index < -0.39 is 0 Å². The lowest BCUT2D eigenvalue weighted by atomic mass is 10.1. The minimum atomic E-state index is -0.305. The Bertz CT molecular complexity index is 976. The molecule has 0 bridgehead atoms. The molecule has 1 saturated heterocycles. The van der Waals surface area contributed by atoms with Crippen molar-refractivity contribution in [3.63, 3.8) is 0 Å². The Balaban J connectivity index is 1.36. The SMILES string of the molecule is O=C(CCCN1C(=O)c2ccc(Br)cc2C1=O)N(Cc1cccnc1)CC1CCCO1. The molecule has 162 valence electrons. The standard InChI is InChI=1S/C23H24BrN3O4/c24-17-7-8-19-20(12-17)23(30)27(22(19)29)10-2-6-21(28)26(15-18-5-3-11-31-18)14-16-4-1-9-25-13-16/h1,4,7-9,12-13,18H,2-3,5-6,10-11,14-15H2. The third-order valence-corrected chi connectivity index (χ3v) is 6.10.